The van der Waals surface area contributed by atoms with Crippen molar-refractivity contribution in [1.82, 2.24) is 4.57 Å². The summed E-state index contributed by atoms with van der Waals surface area (Å²) in [7, 11) is 0. The van der Waals surface area contributed by atoms with Crippen LogP contribution in [-0.4, -0.2) is 22.1 Å². The van der Waals surface area contributed by atoms with Crippen LogP contribution in [-0.2, 0) is 9.53 Å². The molecule has 1 aliphatic heterocycles. The third-order valence-corrected chi connectivity index (χ3v) is 6.75. The first-order valence-corrected chi connectivity index (χ1v) is 11.2. The summed E-state index contributed by atoms with van der Waals surface area (Å²) in [4.78, 5) is 42.0. The molecule has 1 atom stereocenters. The molecule has 2 aromatic heterocycles. The van der Waals surface area contributed by atoms with E-state index in [2.05, 4.69) is 4.99 Å². The molecule has 1 aliphatic rings. The summed E-state index contributed by atoms with van der Waals surface area (Å²) < 4.78 is 6.80. The monoisotopic (exact) mass is 470 g/mol. The Balaban J connectivity index is 1.95. The Morgan fingerprint density at radius 3 is 2.78 bits per heavy atom. The lowest BCUT2D eigenvalue weighted by Gasteiger charge is -2.23. The number of nitro groups is 1. The largest absolute Gasteiger partial charge is 0.867 e. The molecular formula is C21H16N3O6S2-. The molecule has 3 aromatic rings. The number of nitrogens with zero attached hydrogens (tertiary/aromatic N) is 3. The van der Waals surface area contributed by atoms with Crippen molar-refractivity contribution in [2.24, 2.45) is 4.99 Å². The van der Waals surface area contributed by atoms with Crippen LogP contribution in [0.1, 0.15) is 30.3 Å². The van der Waals surface area contributed by atoms with Crippen LogP contribution in [0.25, 0.3) is 6.08 Å². The van der Waals surface area contributed by atoms with E-state index in [9.17, 15) is 24.8 Å². The molecule has 0 radical (unpaired) electrons. The Kier molecular flexibility index (Phi) is 5.76. The van der Waals surface area contributed by atoms with E-state index in [4.69, 9.17) is 4.74 Å². The Bertz CT molecular complexity index is 1430. The number of esters is 1. The topological polar surface area (TPSA) is 127 Å². The van der Waals surface area contributed by atoms with Gasteiger partial charge in [-0.3, -0.25) is 19.5 Å². The van der Waals surface area contributed by atoms with Crippen LogP contribution in [0.3, 0.4) is 0 Å². The van der Waals surface area contributed by atoms with Gasteiger partial charge in [-0.05, 0) is 42.7 Å². The van der Waals surface area contributed by atoms with Crippen LogP contribution in [0.5, 0.6) is 5.75 Å². The number of rotatable bonds is 5. The average molecular weight is 471 g/mol. The molecule has 0 spiro atoms. The van der Waals surface area contributed by atoms with E-state index in [1.54, 1.807) is 13.8 Å². The molecule has 1 aromatic carbocycles. The van der Waals surface area contributed by atoms with E-state index >= 15 is 0 Å². The van der Waals surface area contributed by atoms with Crippen molar-refractivity contribution in [2.45, 2.75) is 19.9 Å². The summed E-state index contributed by atoms with van der Waals surface area (Å²) in [6, 6.07) is 6.85. The van der Waals surface area contributed by atoms with Gasteiger partial charge in [0.1, 0.15) is 6.04 Å². The van der Waals surface area contributed by atoms with Crippen molar-refractivity contribution in [3.8, 4) is 5.75 Å². The molecule has 32 heavy (non-hydrogen) atoms. The number of benzene rings is 1. The fraction of sp³-hybridized carbons (Fsp3) is 0.190. The summed E-state index contributed by atoms with van der Waals surface area (Å²) >= 11 is 2.44. The summed E-state index contributed by atoms with van der Waals surface area (Å²) in [5.41, 5.74) is -0.281. The number of hydrogen-bond donors (Lipinski definition) is 0. The van der Waals surface area contributed by atoms with Crippen molar-refractivity contribution >= 4 is 40.4 Å². The molecule has 0 saturated heterocycles. The molecule has 0 saturated carbocycles. The van der Waals surface area contributed by atoms with Crippen LogP contribution in [0.2, 0.25) is 0 Å². The number of thiophene rings is 1. The van der Waals surface area contributed by atoms with E-state index in [0.717, 1.165) is 22.3 Å². The third kappa shape index (κ3) is 3.65. The van der Waals surface area contributed by atoms with Crippen molar-refractivity contribution in [3.05, 3.63) is 87.2 Å². The minimum atomic E-state index is -0.776. The van der Waals surface area contributed by atoms with Crippen LogP contribution < -0.4 is 20.0 Å². The summed E-state index contributed by atoms with van der Waals surface area (Å²) in [5, 5.41) is 25.3. The first-order valence-electron chi connectivity index (χ1n) is 9.51. The van der Waals surface area contributed by atoms with Crippen molar-refractivity contribution in [2.75, 3.05) is 6.61 Å². The van der Waals surface area contributed by atoms with Crippen LogP contribution in [0.15, 0.2) is 56.8 Å². The zero-order chi connectivity index (χ0) is 23.0. The number of hydrogen-bond acceptors (Lipinski definition) is 9. The van der Waals surface area contributed by atoms with Crippen LogP contribution in [0.4, 0.5) is 5.69 Å². The standard InChI is InChI=1S/C21H17N3O6S2/c1-3-30-20(27)16-11(2)22-21-23(17(16)14-8-5-9-31-14)19(26)15(32-21)10-12-6-4-7-13(18(12)25)24(28)29/h4-10,17,25H,3H2,1-2H3/p-1/b15-10-/t17-/m1/s1. The second-order valence-corrected chi connectivity index (χ2v) is 8.76. The maximum absolute atomic E-state index is 13.4. The maximum atomic E-state index is 13.4. The van der Waals surface area contributed by atoms with E-state index < -0.39 is 33.9 Å². The molecule has 0 amide bonds. The number of carbonyl (C=O) groups excluding carboxylic acids is 1. The maximum Gasteiger partial charge on any atom is 0.338 e. The molecular weight excluding hydrogens is 454 g/mol. The molecule has 0 bridgehead atoms. The van der Waals surface area contributed by atoms with Gasteiger partial charge < -0.3 is 9.84 Å². The number of carbonyl (C=O) groups is 1. The fourth-order valence-electron chi connectivity index (χ4n) is 3.45. The van der Waals surface area contributed by atoms with Gasteiger partial charge in [0.15, 0.2) is 4.80 Å². The molecule has 0 aliphatic carbocycles. The van der Waals surface area contributed by atoms with Gasteiger partial charge >= 0.3 is 5.97 Å². The van der Waals surface area contributed by atoms with Crippen molar-refractivity contribution in [1.29, 1.82) is 0 Å². The second-order valence-electron chi connectivity index (χ2n) is 6.77. The summed E-state index contributed by atoms with van der Waals surface area (Å²) in [6.45, 7) is 3.55. The first-order chi connectivity index (χ1) is 15.3. The molecule has 0 unspecified atom stereocenters. The lowest BCUT2D eigenvalue weighted by molar-refractivity contribution is -0.398. The highest BCUT2D eigenvalue weighted by Crippen LogP contribution is 2.33. The lowest BCUT2D eigenvalue weighted by Crippen LogP contribution is -2.39. The number of fused-ring (bicyclic) bond motifs is 1. The predicted molar refractivity (Wildman–Crippen MR) is 117 cm³/mol. The average Bonchev–Trinajstić information content (AvgIpc) is 3.37. The first kappa shape index (κ1) is 21.7. The Morgan fingerprint density at radius 2 is 2.12 bits per heavy atom. The highest BCUT2D eigenvalue weighted by molar-refractivity contribution is 7.10. The minimum absolute atomic E-state index is 0.0264. The molecule has 164 valence electrons. The number of para-hydroxylation sites is 1. The van der Waals surface area contributed by atoms with Crippen molar-refractivity contribution < 1.29 is 19.6 Å². The zero-order valence-corrected chi connectivity index (χ0v) is 18.6. The van der Waals surface area contributed by atoms with Gasteiger partial charge in [0, 0.05) is 10.9 Å². The second kappa shape index (κ2) is 8.52. The van der Waals surface area contributed by atoms with Crippen LogP contribution in [0, 0.1) is 10.1 Å². The number of ether oxygens (including phenoxy) is 1. The van der Waals surface area contributed by atoms with Gasteiger partial charge in [-0.1, -0.05) is 29.5 Å². The highest BCUT2D eigenvalue weighted by atomic mass is 32.1. The number of allylic oxidation sites excluding steroid dienone is 1. The zero-order valence-electron chi connectivity index (χ0n) is 16.9. The van der Waals surface area contributed by atoms with Gasteiger partial charge in [0.25, 0.3) is 11.2 Å². The Morgan fingerprint density at radius 1 is 1.34 bits per heavy atom. The number of nitro benzene ring substituents is 1. The van der Waals surface area contributed by atoms with Gasteiger partial charge in [0.05, 0.1) is 27.3 Å². The normalized spacial score (nSPS) is 15.9. The summed E-state index contributed by atoms with van der Waals surface area (Å²) in [6.07, 6.45) is 1.33. The van der Waals surface area contributed by atoms with E-state index in [0.29, 0.717) is 10.5 Å². The third-order valence-electron chi connectivity index (χ3n) is 4.84. The molecule has 11 heteroatoms. The molecule has 0 N–H and O–H groups in total. The number of aromatic nitrogens is 1. The number of thiazole rings is 1. The molecule has 9 nitrogen and oxygen atoms in total. The molecule has 0 fully saturated rings. The summed E-state index contributed by atoms with van der Waals surface area (Å²) in [5.74, 6) is -1.33. The van der Waals surface area contributed by atoms with Gasteiger partial charge in [-0.15, -0.1) is 11.3 Å². The van der Waals surface area contributed by atoms with Gasteiger partial charge in [-0.2, -0.15) is 0 Å². The molecule has 4 rings (SSSR count). The van der Waals surface area contributed by atoms with Gasteiger partial charge in [-0.25, -0.2) is 9.79 Å². The molecule has 3 heterocycles. The quantitative estimate of drug-likeness (QED) is 0.318. The fourth-order valence-corrected chi connectivity index (χ4v) is 5.31. The highest BCUT2D eigenvalue weighted by Gasteiger charge is 2.33. The van der Waals surface area contributed by atoms with Crippen molar-refractivity contribution in [3.63, 3.8) is 0 Å². The Labute approximate surface area is 189 Å². The van der Waals surface area contributed by atoms with Crippen LogP contribution >= 0.6 is 22.7 Å². The SMILES string of the molecule is CCOC(=O)C1=C(C)N=c2s/c(=C\c3cccc([N+](=O)[O-])c3[O-])c(=O)n2[C@@H]1c1cccs1. The smallest absolute Gasteiger partial charge is 0.338 e. The van der Waals surface area contributed by atoms with Gasteiger partial charge in [0.2, 0.25) is 0 Å². The Hall–Kier alpha value is -3.57. The van der Waals surface area contributed by atoms with E-state index in [-0.39, 0.29) is 22.3 Å². The lowest BCUT2D eigenvalue weighted by atomic mass is 10.0. The minimum Gasteiger partial charge on any atom is -0.867 e. The van der Waals surface area contributed by atoms with E-state index in [1.165, 1.54) is 34.1 Å². The predicted octanol–water partition coefficient (Wildman–Crippen LogP) is 1.84. The van der Waals surface area contributed by atoms with E-state index in [1.807, 2.05) is 17.5 Å².